The van der Waals surface area contributed by atoms with Crippen molar-refractivity contribution in [3.63, 3.8) is 0 Å². The molecule has 0 unspecified atom stereocenters. The molecule has 6 heteroatoms. The molecular formula is C19H17NO3S2. The van der Waals surface area contributed by atoms with Gasteiger partial charge in [0.05, 0.1) is 12.0 Å². The standard InChI is InChI=1S/C19H17NO3S2/c1-22-14-10-8-13(9-11-14)20-18(16-6-4-12-24-16)19-23-15-5-2-3-7-17(15)25(19)21/h2-12,18-20H,1H3/t18-,19+,25-/m0/s1. The van der Waals surface area contributed by atoms with E-state index in [1.54, 1.807) is 18.4 Å². The van der Waals surface area contributed by atoms with Gasteiger partial charge in [-0.1, -0.05) is 18.2 Å². The first-order valence-electron chi connectivity index (χ1n) is 7.86. The van der Waals surface area contributed by atoms with Gasteiger partial charge in [0.15, 0.2) is 0 Å². The molecule has 3 atom stereocenters. The second kappa shape index (κ2) is 6.90. The number of hydrogen-bond donors (Lipinski definition) is 1. The summed E-state index contributed by atoms with van der Waals surface area (Å²) in [5, 5.41) is 5.49. The fraction of sp³-hybridized carbons (Fsp3) is 0.158. The van der Waals surface area contributed by atoms with Crippen molar-refractivity contribution in [3.05, 3.63) is 70.9 Å². The Balaban J connectivity index is 1.65. The molecule has 0 bridgehead atoms. The number of para-hydroxylation sites is 1. The van der Waals surface area contributed by atoms with Crippen molar-refractivity contribution in [1.82, 2.24) is 0 Å². The Morgan fingerprint density at radius 1 is 1.12 bits per heavy atom. The van der Waals surface area contributed by atoms with Gasteiger partial charge in [-0.25, -0.2) is 0 Å². The molecule has 0 saturated carbocycles. The van der Waals surface area contributed by atoms with Crippen LogP contribution in [-0.2, 0) is 10.8 Å². The Morgan fingerprint density at radius 2 is 1.92 bits per heavy atom. The summed E-state index contributed by atoms with van der Waals surface area (Å²) in [6.07, 6.45) is 0. The molecule has 0 saturated heterocycles. The van der Waals surface area contributed by atoms with E-state index in [2.05, 4.69) is 5.32 Å². The maximum atomic E-state index is 13.0. The average molecular weight is 371 g/mol. The van der Waals surface area contributed by atoms with E-state index in [0.717, 1.165) is 21.2 Å². The van der Waals surface area contributed by atoms with Gasteiger partial charge < -0.3 is 14.8 Å². The Bertz CT molecular complexity index is 878. The van der Waals surface area contributed by atoms with E-state index in [1.165, 1.54) is 0 Å². The lowest BCUT2D eigenvalue weighted by molar-refractivity contribution is 0.269. The Hall–Kier alpha value is -2.31. The lowest BCUT2D eigenvalue weighted by atomic mass is 10.2. The normalized spacial score (nSPS) is 19.7. The highest BCUT2D eigenvalue weighted by molar-refractivity contribution is 7.86. The average Bonchev–Trinajstić information content (AvgIpc) is 3.29. The lowest BCUT2D eigenvalue weighted by Crippen LogP contribution is -2.30. The summed E-state index contributed by atoms with van der Waals surface area (Å²) in [6, 6.07) is 19.0. The van der Waals surface area contributed by atoms with Gasteiger partial charge in [0.2, 0.25) is 5.44 Å². The number of nitrogens with one attached hydrogen (secondary N) is 1. The van der Waals surface area contributed by atoms with Crippen LogP contribution < -0.4 is 14.8 Å². The van der Waals surface area contributed by atoms with Crippen molar-refractivity contribution in [1.29, 1.82) is 0 Å². The molecule has 4 nitrogen and oxygen atoms in total. The van der Waals surface area contributed by atoms with E-state index in [0.29, 0.717) is 5.75 Å². The van der Waals surface area contributed by atoms with Crippen molar-refractivity contribution >= 4 is 27.8 Å². The molecule has 128 valence electrons. The fourth-order valence-corrected chi connectivity index (χ4v) is 5.12. The molecule has 2 aromatic carbocycles. The summed E-state index contributed by atoms with van der Waals surface area (Å²) in [7, 11) is 0.410. The number of rotatable bonds is 5. The van der Waals surface area contributed by atoms with Crippen LogP contribution in [0.25, 0.3) is 0 Å². The van der Waals surface area contributed by atoms with Crippen LogP contribution >= 0.6 is 11.3 Å². The Labute approximate surface area is 152 Å². The Kier molecular flexibility index (Phi) is 4.46. The SMILES string of the molecule is COc1ccc(N[C@@H](c2cccs2)[C@@H]2Oc3ccccc3[S@@]2=O)cc1. The van der Waals surface area contributed by atoms with Gasteiger partial charge in [0.1, 0.15) is 28.3 Å². The first-order chi connectivity index (χ1) is 12.3. The highest BCUT2D eigenvalue weighted by Gasteiger charge is 2.38. The van der Waals surface area contributed by atoms with Gasteiger partial charge in [-0.3, -0.25) is 4.21 Å². The van der Waals surface area contributed by atoms with Crippen LogP contribution in [0, 0.1) is 0 Å². The molecule has 0 aliphatic carbocycles. The highest BCUT2D eigenvalue weighted by atomic mass is 32.2. The van der Waals surface area contributed by atoms with Gasteiger partial charge in [-0.15, -0.1) is 11.3 Å². The zero-order chi connectivity index (χ0) is 17.2. The number of hydrogen-bond acceptors (Lipinski definition) is 5. The molecule has 0 amide bonds. The third-order valence-corrected chi connectivity index (χ3v) is 6.57. The topological polar surface area (TPSA) is 47.6 Å². The molecule has 1 aromatic heterocycles. The number of benzene rings is 2. The minimum Gasteiger partial charge on any atom is -0.497 e. The van der Waals surface area contributed by atoms with Crippen molar-refractivity contribution in [3.8, 4) is 11.5 Å². The van der Waals surface area contributed by atoms with Crippen LogP contribution in [-0.4, -0.2) is 16.8 Å². The van der Waals surface area contributed by atoms with Gasteiger partial charge in [-0.2, -0.15) is 0 Å². The zero-order valence-electron chi connectivity index (χ0n) is 13.5. The van der Waals surface area contributed by atoms with Gasteiger partial charge in [0.25, 0.3) is 0 Å². The van der Waals surface area contributed by atoms with Crippen molar-refractivity contribution in [2.75, 3.05) is 12.4 Å². The number of thiophene rings is 1. The zero-order valence-corrected chi connectivity index (χ0v) is 15.2. The molecule has 4 rings (SSSR count). The van der Waals surface area contributed by atoms with Crippen LogP contribution in [0.15, 0.2) is 70.9 Å². The molecule has 0 fully saturated rings. The van der Waals surface area contributed by atoms with E-state index < -0.39 is 16.2 Å². The monoisotopic (exact) mass is 371 g/mol. The third-order valence-electron chi connectivity index (χ3n) is 4.05. The summed E-state index contributed by atoms with van der Waals surface area (Å²) in [4.78, 5) is 1.84. The van der Waals surface area contributed by atoms with Crippen LogP contribution in [0.2, 0.25) is 0 Å². The van der Waals surface area contributed by atoms with Crippen LogP contribution in [0.1, 0.15) is 10.9 Å². The van der Waals surface area contributed by atoms with Crippen LogP contribution in [0.3, 0.4) is 0 Å². The number of ether oxygens (including phenoxy) is 2. The van der Waals surface area contributed by atoms with Gasteiger partial charge >= 0.3 is 0 Å². The summed E-state index contributed by atoms with van der Waals surface area (Å²) in [5.41, 5.74) is 0.453. The maximum Gasteiger partial charge on any atom is 0.202 e. The Morgan fingerprint density at radius 3 is 2.60 bits per heavy atom. The first kappa shape index (κ1) is 16.2. The molecule has 1 N–H and O–H groups in total. The molecule has 3 aromatic rings. The number of anilines is 1. The van der Waals surface area contributed by atoms with Crippen molar-refractivity contribution < 1.29 is 13.7 Å². The smallest absolute Gasteiger partial charge is 0.202 e. The van der Waals surface area contributed by atoms with Crippen LogP contribution in [0.5, 0.6) is 11.5 Å². The number of methoxy groups -OCH3 is 1. The molecule has 0 radical (unpaired) electrons. The summed E-state index contributed by atoms with van der Waals surface area (Å²) in [5.74, 6) is 1.50. The van der Waals surface area contributed by atoms with E-state index in [9.17, 15) is 4.21 Å². The minimum atomic E-state index is -1.23. The quantitative estimate of drug-likeness (QED) is 0.720. The summed E-state index contributed by atoms with van der Waals surface area (Å²) < 4.78 is 24.2. The van der Waals surface area contributed by atoms with Crippen molar-refractivity contribution in [2.24, 2.45) is 0 Å². The maximum absolute atomic E-state index is 13.0. The molecule has 0 spiro atoms. The fourth-order valence-electron chi connectivity index (χ4n) is 2.81. The van der Waals surface area contributed by atoms with E-state index >= 15 is 0 Å². The number of fused-ring (bicyclic) bond motifs is 1. The van der Waals surface area contributed by atoms with E-state index in [1.807, 2.05) is 66.0 Å². The molecule has 25 heavy (non-hydrogen) atoms. The van der Waals surface area contributed by atoms with Crippen molar-refractivity contribution in [2.45, 2.75) is 16.4 Å². The summed E-state index contributed by atoms with van der Waals surface area (Å²) in [6.45, 7) is 0. The highest BCUT2D eigenvalue weighted by Crippen LogP contribution is 2.40. The molecular weight excluding hydrogens is 354 g/mol. The summed E-state index contributed by atoms with van der Waals surface area (Å²) >= 11 is 1.62. The van der Waals surface area contributed by atoms with Crippen LogP contribution in [0.4, 0.5) is 5.69 Å². The van der Waals surface area contributed by atoms with Gasteiger partial charge in [-0.05, 0) is 47.8 Å². The second-order valence-corrected chi connectivity index (χ2v) is 8.07. The largest absolute Gasteiger partial charge is 0.497 e. The second-order valence-electron chi connectivity index (χ2n) is 5.60. The predicted octanol–water partition coefficient (Wildman–Crippen LogP) is 4.44. The van der Waals surface area contributed by atoms with E-state index in [-0.39, 0.29) is 6.04 Å². The third kappa shape index (κ3) is 3.15. The van der Waals surface area contributed by atoms with Gasteiger partial charge in [0, 0.05) is 10.6 Å². The van der Waals surface area contributed by atoms with E-state index in [4.69, 9.17) is 9.47 Å². The predicted molar refractivity (Wildman–Crippen MR) is 101 cm³/mol. The minimum absolute atomic E-state index is 0.207. The molecule has 1 aliphatic heterocycles. The lowest BCUT2D eigenvalue weighted by Gasteiger charge is -2.23. The first-order valence-corrected chi connectivity index (χ1v) is 9.96. The molecule has 1 aliphatic rings. The molecule has 2 heterocycles.